The molecule has 0 radical (unpaired) electrons. The van der Waals surface area contributed by atoms with Gasteiger partial charge in [-0.2, -0.15) is 9.40 Å². The first kappa shape index (κ1) is 23.9. The maximum absolute atomic E-state index is 13.1. The molecule has 1 aromatic heterocycles. The minimum Gasteiger partial charge on any atom is -0.350 e. The van der Waals surface area contributed by atoms with Crippen LogP contribution in [0.15, 0.2) is 23.1 Å². The third-order valence-electron chi connectivity index (χ3n) is 6.12. The van der Waals surface area contributed by atoms with Gasteiger partial charge in [0, 0.05) is 57.0 Å². The number of anilines is 1. The van der Waals surface area contributed by atoms with Crippen LogP contribution in [0.3, 0.4) is 0 Å². The van der Waals surface area contributed by atoms with Crippen LogP contribution in [-0.4, -0.2) is 53.4 Å². The van der Waals surface area contributed by atoms with Crippen molar-refractivity contribution < 1.29 is 18.0 Å². The summed E-state index contributed by atoms with van der Waals surface area (Å²) in [5.41, 5.74) is 3.99. The Morgan fingerprint density at radius 1 is 1.22 bits per heavy atom. The van der Waals surface area contributed by atoms with Crippen molar-refractivity contribution in [1.82, 2.24) is 19.4 Å². The van der Waals surface area contributed by atoms with Gasteiger partial charge >= 0.3 is 0 Å². The SMILES string of the molecule is CCN(CC)S(=O)(=O)c1ccc2c(c1)C[C@@H](C(=O)NCc1c(C)nn(C)c1C)N2C(C)=O. The summed E-state index contributed by atoms with van der Waals surface area (Å²) < 4.78 is 29.0. The first-order chi connectivity index (χ1) is 15.0. The topological polar surface area (TPSA) is 105 Å². The minimum atomic E-state index is -3.63. The maximum atomic E-state index is 13.1. The molecule has 1 N–H and O–H groups in total. The van der Waals surface area contributed by atoms with Crippen molar-refractivity contribution in [3.8, 4) is 0 Å². The molecule has 9 nitrogen and oxygen atoms in total. The molecule has 32 heavy (non-hydrogen) atoms. The summed E-state index contributed by atoms with van der Waals surface area (Å²) in [5, 5.41) is 7.29. The third-order valence-corrected chi connectivity index (χ3v) is 8.16. The number of benzene rings is 1. The Bertz CT molecular complexity index is 1150. The summed E-state index contributed by atoms with van der Waals surface area (Å²) >= 11 is 0. The molecular formula is C22H31N5O4S. The highest BCUT2D eigenvalue weighted by Gasteiger charge is 2.38. The summed E-state index contributed by atoms with van der Waals surface area (Å²) in [6, 6.07) is 3.98. The summed E-state index contributed by atoms with van der Waals surface area (Å²) in [6.45, 7) is 9.86. The molecule has 3 rings (SSSR count). The van der Waals surface area contributed by atoms with Crippen molar-refractivity contribution in [3.05, 3.63) is 40.7 Å². The first-order valence-electron chi connectivity index (χ1n) is 10.7. The van der Waals surface area contributed by atoms with Crippen molar-refractivity contribution in [2.75, 3.05) is 18.0 Å². The van der Waals surface area contributed by atoms with Gasteiger partial charge in [-0.3, -0.25) is 19.2 Å². The Morgan fingerprint density at radius 2 is 1.88 bits per heavy atom. The molecule has 1 atom stereocenters. The summed E-state index contributed by atoms with van der Waals surface area (Å²) in [4.78, 5) is 27.1. The van der Waals surface area contributed by atoms with Crippen LogP contribution in [0.5, 0.6) is 0 Å². The van der Waals surface area contributed by atoms with Gasteiger partial charge < -0.3 is 5.32 Å². The van der Waals surface area contributed by atoms with Gasteiger partial charge in [-0.15, -0.1) is 0 Å². The number of aryl methyl sites for hydroxylation is 2. The molecule has 0 bridgehead atoms. The van der Waals surface area contributed by atoms with Gasteiger partial charge in [0.2, 0.25) is 21.8 Å². The molecule has 174 valence electrons. The highest BCUT2D eigenvalue weighted by molar-refractivity contribution is 7.89. The fraction of sp³-hybridized carbons (Fsp3) is 0.500. The highest BCUT2D eigenvalue weighted by Crippen LogP contribution is 2.35. The number of sulfonamides is 1. The lowest BCUT2D eigenvalue weighted by atomic mass is 10.1. The number of hydrogen-bond donors (Lipinski definition) is 1. The van der Waals surface area contributed by atoms with E-state index in [0.717, 1.165) is 17.0 Å². The number of carbonyl (C=O) groups excluding carboxylic acids is 2. The third kappa shape index (κ3) is 4.16. The van der Waals surface area contributed by atoms with Crippen LogP contribution in [0, 0.1) is 13.8 Å². The van der Waals surface area contributed by atoms with E-state index in [9.17, 15) is 18.0 Å². The Kier molecular flexibility index (Phi) is 6.75. The number of carbonyl (C=O) groups is 2. The molecule has 0 spiro atoms. The standard InChI is InChI=1S/C22H31N5O4S/c1-7-26(8-2)32(30,31)18-9-10-20-17(11-18)12-21(27(20)16(5)28)22(29)23-13-19-14(3)24-25(6)15(19)4/h9-11,21H,7-8,12-13H2,1-6H3,(H,23,29)/t21-/m0/s1. The normalized spacial score (nSPS) is 15.8. The van der Waals surface area contributed by atoms with E-state index >= 15 is 0 Å². The Hall–Kier alpha value is -2.72. The zero-order valence-corrected chi connectivity index (χ0v) is 20.3. The Morgan fingerprint density at radius 3 is 2.41 bits per heavy atom. The Labute approximate surface area is 189 Å². The Balaban J connectivity index is 1.86. The second kappa shape index (κ2) is 9.03. The van der Waals surface area contributed by atoms with Crippen molar-refractivity contribution in [2.24, 2.45) is 7.05 Å². The predicted octanol–water partition coefficient (Wildman–Crippen LogP) is 1.66. The van der Waals surface area contributed by atoms with Crippen LogP contribution in [0.1, 0.15) is 43.3 Å². The largest absolute Gasteiger partial charge is 0.350 e. The summed E-state index contributed by atoms with van der Waals surface area (Å²) in [6.07, 6.45) is 0.257. The molecule has 1 aromatic carbocycles. The average Bonchev–Trinajstić information content (AvgIpc) is 3.23. The first-order valence-corrected chi connectivity index (χ1v) is 12.2. The zero-order chi connectivity index (χ0) is 23.8. The molecule has 2 heterocycles. The lowest BCUT2D eigenvalue weighted by Crippen LogP contribution is -2.47. The molecule has 0 aliphatic carbocycles. The van der Waals surface area contributed by atoms with Crippen molar-refractivity contribution >= 4 is 27.5 Å². The second-order valence-electron chi connectivity index (χ2n) is 7.98. The number of rotatable bonds is 7. The number of hydrogen-bond acceptors (Lipinski definition) is 5. The fourth-order valence-electron chi connectivity index (χ4n) is 4.27. The minimum absolute atomic E-state index is 0.172. The summed E-state index contributed by atoms with van der Waals surface area (Å²) in [7, 11) is -1.78. The van der Waals surface area contributed by atoms with Crippen molar-refractivity contribution in [1.29, 1.82) is 0 Å². The molecule has 1 aliphatic heterocycles. The number of fused-ring (bicyclic) bond motifs is 1. The van der Waals surface area contributed by atoms with Crippen LogP contribution in [0.25, 0.3) is 0 Å². The van der Waals surface area contributed by atoms with Gasteiger partial charge in [-0.25, -0.2) is 8.42 Å². The predicted molar refractivity (Wildman–Crippen MR) is 122 cm³/mol. The highest BCUT2D eigenvalue weighted by atomic mass is 32.2. The zero-order valence-electron chi connectivity index (χ0n) is 19.5. The van der Waals surface area contributed by atoms with Crippen LogP contribution in [-0.2, 0) is 39.6 Å². The van der Waals surface area contributed by atoms with Gasteiger partial charge in [-0.1, -0.05) is 13.8 Å². The van der Waals surface area contributed by atoms with Crippen molar-refractivity contribution in [2.45, 2.75) is 58.5 Å². The lowest BCUT2D eigenvalue weighted by Gasteiger charge is -2.23. The van der Waals surface area contributed by atoms with Gasteiger partial charge in [0.15, 0.2) is 0 Å². The van der Waals surface area contributed by atoms with E-state index < -0.39 is 16.1 Å². The molecular weight excluding hydrogens is 430 g/mol. The van der Waals surface area contributed by atoms with E-state index in [1.165, 1.54) is 22.2 Å². The smallest absolute Gasteiger partial charge is 0.243 e. The second-order valence-corrected chi connectivity index (χ2v) is 9.92. The van der Waals surface area contributed by atoms with E-state index in [1.807, 2.05) is 20.9 Å². The van der Waals surface area contributed by atoms with Gasteiger partial charge in [0.1, 0.15) is 6.04 Å². The van der Waals surface area contributed by atoms with E-state index in [4.69, 9.17) is 0 Å². The lowest BCUT2D eigenvalue weighted by molar-refractivity contribution is -0.125. The quantitative estimate of drug-likeness (QED) is 0.675. The molecule has 0 fully saturated rings. The van der Waals surface area contributed by atoms with Gasteiger partial charge in [0.25, 0.3) is 0 Å². The number of amides is 2. The number of nitrogens with zero attached hydrogens (tertiary/aromatic N) is 4. The van der Waals surface area contributed by atoms with Crippen LogP contribution in [0.2, 0.25) is 0 Å². The van der Waals surface area contributed by atoms with E-state index in [0.29, 0.717) is 30.9 Å². The van der Waals surface area contributed by atoms with Gasteiger partial charge in [-0.05, 0) is 37.6 Å². The van der Waals surface area contributed by atoms with Crippen LogP contribution < -0.4 is 10.2 Å². The molecule has 2 amide bonds. The monoisotopic (exact) mass is 461 g/mol. The molecule has 10 heteroatoms. The molecule has 0 saturated heterocycles. The van der Waals surface area contributed by atoms with E-state index in [2.05, 4.69) is 10.4 Å². The fourth-order valence-corrected chi connectivity index (χ4v) is 5.78. The van der Waals surface area contributed by atoms with Crippen LogP contribution in [0.4, 0.5) is 5.69 Å². The number of aromatic nitrogens is 2. The van der Waals surface area contributed by atoms with Crippen molar-refractivity contribution in [3.63, 3.8) is 0 Å². The van der Waals surface area contributed by atoms with E-state index in [-0.39, 0.29) is 23.1 Å². The average molecular weight is 462 g/mol. The van der Waals surface area contributed by atoms with Crippen LogP contribution >= 0.6 is 0 Å². The maximum Gasteiger partial charge on any atom is 0.243 e. The molecule has 1 aliphatic rings. The molecule has 2 aromatic rings. The van der Waals surface area contributed by atoms with Gasteiger partial charge in [0.05, 0.1) is 10.6 Å². The summed E-state index contributed by atoms with van der Waals surface area (Å²) in [5.74, 6) is -0.552. The number of nitrogens with one attached hydrogen (secondary N) is 1. The van der Waals surface area contributed by atoms with E-state index in [1.54, 1.807) is 30.7 Å². The molecule has 0 saturated carbocycles. The molecule has 0 unspecified atom stereocenters.